The SMILES string of the molecule is C=CCn1c(SCC(=O)Nc2cccc(CC)c2)nnc1-c1ccc(C(C)(C)C)cc1. The second kappa shape index (κ2) is 9.96. The Morgan fingerprint density at radius 1 is 1.16 bits per heavy atom. The lowest BCUT2D eigenvalue weighted by Gasteiger charge is -2.19. The van der Waals surface area contributed by atoms with E-state index in [0.29, 0.717) is 11.7 Å². The van der Waals surface area contributed by atoms with E-state index in [9.17, 15) is 4.79 Å². The molecule has 0 fully saturated rings. The Kier molecular flexibility index (Phi) is 7.33. The van der Waals surface area contributed by atoms with E-state index in [1.807, 2.05) is 28.8 Å². The van der Waals surface area contributed by atoms with Crippen LogP contribution in [0.25, 0.3) is 11.4 Å². The number of thioether (sulfide) groups is 1. The van der Waals surface area contributed by atoms with Gasteiger partial charge in [0.05, 0.1) is 5.75 Å². The van der Waals surface area contributed by atoms with Gasteiger partial charge in [0.1, 0.15) is 0 Å². The van der Waals surface area contributed by atoms with Crippen molar-refractivity contribution >= 4 is 23.4 Å². The number of allylic oxidation sites excluding steroid dienone is 1. The highest BCUT2D eigenvalue weighted by Gasteiger charge is 2.17. The van der Waals surface area contributed by atoms with Crippen LogP contribution in [-0.4, -0.2) is 26.4 Å². The number of carbonyl (C=O) groups is 1. The molecule has 1 aromatic heterocycles. The molecule has 0 unspecified atom stereocenters. The Morgan fingerprint density at radius 3 is 2.55 bits per heavy atom. The number of aromatic nitrogens is 3. The van der Waals surface area contributed by atoms with Crippen molar-refractivity contribution in [3.8, 4) is 11.4 Å². The fourth-order valence-electron chi connectivity index (χ4n) is 3.22. The molecule has 0 bridgehead atoms. The summed E-state index contributed by atoms with van der Waals surface area (Å²) in [7, 11) is 0. The van der Waals surface area contributed by atoms with Gasteiger partial charge in [0, 0.05) is 17.8 Å². The van der Waals surface area contributed by atoms with Crippen molar-refractivity contribution in [2.75, 3.05) is 11.1 Å². The summed E-state index contributed by atoms with van der Waals surface area (Å²) in [6, 6.07) is 16.3. The number of nitrogens with one attached hydrogen (secondary N) is 1. The van der Waals surface area contributed by atoms with Crippen molar-refractivity contribution < 1.29 is 4.79 Å². The zero-order chi connectivity index (χ0) is 22.4. The van der Waals surface area contributed by atoms with E-state index in [1.165, 1.54) is 22.9 Å². The Morgan fingerprint density at radius 2 is 1.90 bits per heavy atom. The molecule has 0 saturated heterocycles. The van der Waals surface area contributed by atoms with E-state index in [4.69, 9.17) is 0 Å². The standard InChI is InChI=1S/C25H30N4OS/c1-6-15-29-23(19-11-13-20(14-12-19)25(3,4)5)27-28-24(29)31-17-22(30)26-21-10-8-9-18(7-2)16-21/h6,8-14,16H,1,7,15,17H2,2-5H3,(H,26,30). The molecule has 31 heavy (non-hydrogen) atoms. The van der Waals surface area contributed by atoms with Crippen molar-refractivity contribution in [1.29, 1.82) is 0 Å². The quantitative estimate of drug-likeness (QED) is 0.364. The average Bonchev–Trinajstić information content (AvgIpc) is 3.15. The maximum atomic E-state index is 12.5. The van der Waals surface area contributed by atoms with Crippen molar-refractivity contribution in [3.63, 3.8) is 0 Å². The molecule has 0 radical (unpaired) electrons. The summed E-state index contributed by atoms with van der Waals surface area (Å²) in [6.07, 6.45) is 2.75. The predicted octanol–water partition coefficient (Wildman–Crippen LogP) is 5.72. The lowest BCUT2D eigenvalue weighted by molar-refractivity contribution is -0.113. The average molecular weight is 435 g/mol. The number of nitrogens with zero attached hydrogens (tertiary/aromatic N) is 3. The number of aryl methyl sites for hydroxylation is 1. The lowest BCUT2D eigenvalue weighted by atomic mass is 9.87. The molecule has 1 N–H and O–H groups in total. The normalized spacial score (nSPS) is 11.4. The highest BCUT2D eigenvalue weighted by atomic mass is 32.2. The Balaban J connectivity index is 1.72. The summed E-state index contributed by atoms with van der Waals surface area (Å²) in [4.78, 5) is 12.5. The van der Waals surface area contributed by atoms with Crippen molar-refractivity contribution in [2.45, 2.75) is 51.2 Å². The molecule has 1 heterocycles. The first-order valence-electron chi connectivity index (χ1n) is 10.5. The molecule has 162 valence electrons. The molecule has 2 aromatic carbocycles. The summed E-state index contributed by atoms with van der Waals surface area (Å²) in [5, 5.41) is 12.4. The van der Waals surface area contributed by atoms with Gasteiger partial charge < -0.3 is 5.32 Å². The number of hydrogen-bond acceptors (Lipinski definition) is 4. The first-order chi connectivity index (χ1) is 14.8. The van der Waals surface area contributed by atoms with Crippen LogP contribution in [0, 0.1) is 0 Å². The Hall–Kier alpha value is -2.86. The maximum Gasteiger partial charge on any atom is 0.234 e. The van der Waals surface area contributed by atoms with Crippen molar-refractivity contribution in [1.82, 2.24) is 14.8 Å². The number of benzene rings is 2. The molecule has 0 aliphatic heterocycles. The van der Waals surface area contributed by atoms with Crippen molar-refractivity contribution in [3.05, 3.63) is 72.3 Å². The molecule has 0 saturated carbocycles. The lowest BCUT2D eigenvalue weighted by Crippen LogP contribution is -2.14. The summed E-state index contributed by atoms with van der Waals surface area (Å²) in [5.74, 6) is 0.968. The largest absolute Gasteiger partial charge is 0.325 e. The zero-order valence-corrected chi connectivity index (χ0v) is 19.5. The second-order valence-electron chi connectivity index (χ2n) is 8.42. The minimum atomic E-state index is -0.0671. The molecule has 0 aliphatic carbocycles. The van der Waals surface area contributed by atoms with Crippen LogP contribution >= 0.6 is 11.8 Å². The van der Waals surface area contributed by atoms with Gasteiger partial charge in [-0.05, 0) is 35.1 Å². The minimum Gasteiger partial charge on any atom is -0.325 e. The van der Waals surface area contributed by atoms with E-state index < -0.39 is 0 Å². The van der Waals surface area contributed by atoms with E-state index in [-0.39, 0.29) is 17.1 Å². The van der Waals surface area contributed by atoms with Gasteiger partial charge in [-0.3, -0.25) is 9.36 Å². The fraction of sp³-hybridized carbons (Fsp3) is 0.320. The van der Waals surface area contributed by atoms with Crippen LogP contribution in [0.15, 0.2) is 66.3 Å². The minimum absolute atomic E-state index is 0.0671. The fourth-order valence-corrected chi connectivity index (χ4v) is 3.97. The topological polar surface area (TPSA) is 59.8 Å². The van der Waals surface area contributed by atoms with Crippen LogP contribution < -0.4 is 5.32 Å². The van der Waals surface area contributed by atoms with Gasteiger partial charge in [-0.25, -0.2) is 0 Å². The molecule has 3 rings (SSSR count). The molecular formula is C25H30N4OS. The van der Waals surface area contributed by atoms with Crippen LogP contribution in [0.3, 0.4) is 0 Å². The Bertz CT molecular complexity index is 1050. The van der Waals surface area contributed by atoms with E-state index in [1.54, 1.807) is 0 Å². The molecule has 0 spiro atoms. The second-order valence-corrected chi connectivity index (χ2v) is 9.37. The monoisotopic (exact) mass is 434 g/mol. The maximum absolute atomic E-state index is 12.5. The van der Waals surface area contributed by atoms with E-state index in [2.05, 4.69) is 80.1 Å². The van der Waals surface area contributed by atoms with E-state index in [0.717, 1.165) is 23.5 Å². The number of anilines is 1. The molecule has 5 nitrogen and oxygen atoms in total. The summed E-state index contributed by atoms with van der Waals surface area (Å²) < 4.78 is 1.99. The summed E-state index contributed by atoms with van der Waals surface area (Å²) in [5.41, 5.74) is 4.37. The van der Waals surface area contributed by atoms with E-state index >= 15 is 0 Å². The first-order valence-corrected chi connectivity index (χ1v) is 11.5. The first kappa shape index (κ1) is 22.8. The van der Waals surface area contributed by atoms with Crippen LogP contribution in [0.5, 0.6) is 0 Å². The number of hydrogen-bond donors (Lipinski definition) is 1. The van der Waals surface area contributed by atoms with Gasteiger partial charge in [0.15, 0.2) is 11.0 Å². The van der Waals surface area contributed by atoms with Crippen LogP contribution in [-0.2, 0) is 23.2 Å². The summed E-state index contributed by atoms with van der Waals surface area (Å²) >= 11 is 1.38. The smallest absolute Gasteiger partial charge is 0.234 e. The molecule has 0 atom stereocenters. The third-order valence-corrected chi connectivity index (χ3v) is 5.96. The number of carbonyl (C=O) groups excluding carboxylic acids is 1. The molecular weight excluding hydrogens is 404 g/mol. The highest BCUT2D eigenvalue weighted by molar-refractivity contribution is 7.99. The molecule has 0 aliphatic rings. The molecule has 6 heteroatoms. The number of amides is 1. The highest BCUT2D eigenvalue weighted by Crippen LogP contribution is 2.28. The van der Waals surface area contributed by atoms with Crippen LogP contribution in [0.4, 0.5) is 5.69 Å². The van der Waals surface area contributed by atoms with Gasteiger partial charge in [0.2, 0.25) is 5.91 Å². The molecule has 3 aromatic rings. The predicted molar refractivity (Wildman–Crippen MR) is 130 cm³/mol. The van der Waals surface area contributed by atoms with Gasteiger partial charge in [0.25, 0.3) is 0 Å². The third kappa shape index (κ3) is 5.85. The van der Waals surface area contributed by atoms with Crippen LogP contribution in [0.2, 0.25) is 0 Å². The zero-order valence-electron chi connectivity index (χ0n) is 18.7. The van der Waals surface area contributed by atoms with Crippen molar-refractivity contribution in [2.24, 2.45) is 0 Å². The Labute approximate surface area is 189 Å². The molecule has 1 amide bonds. The van der Waals surface area contributed by atoms with Gasteiger partial charge in [-0.2, -0.15) is 0 Å². The van der Waals surface area contributed by atoms with Gasteiger partial charge in [-0.1, -0.05) is 81.9 Å². The van der Waals surface area contributed by atoms with Crippen LogP contribution in [0.1, 0.15) is 38.8 Å². The summed E-state index contributed by atoms with van der Waals surface area (Å²) in [6.45, 7) is 13.1. The van der Waals surface area contributed by atoms with Gasteiger partial charge >= 0.3 is 0 Å². The third-order valence-electron chi connectivity index (χ3n) is 4.99. The van der Waals surface area contributed by atoms with Gasteiger partial charge in [-0.15, -0.1) is 16.8 Å². The number of rotatable bonds is 8.